The average Bonchev–Trinajstić information content (AvgIpc) is 2.82. The molecule has 0 radical (unpaired) electrons. The molecule has 5 aliphatic rings. The molecule has 1 N–H and O–H groups in total. The SMILES string of the molecule is O=C(Nc1ncnc2c1CCN(S(=O)(=O)c1cccc(OC(F)(F)F)c1)C2)C12CC3CC(CC(C3)C1)C2. The number of carbonyl (C=O) groups excluding carboxylic acids is 1. The summed E-state index contributed by atoms with van der Waals surface area (Å²) < 4.78 is 69.3. The summed E-state index contributed by atoms with van der Waals surface area (Å²) in [5, 5.41) is 3.06. The molecule has 12 heteroatoms. The van der Waals surface area contributed by atoms with Crippen molar-refractivity contribution in [3.05, 3.63) is 41.9 Å². The van der Waals surface area contributed by atoms with Crippen LogP contribution in [0.15, 0.2) is 35.5 Å². The summed E-state index contributed by atoms with van der Waals surface area (Å²) in [5.74, 6) is 1.68. The third kappa shape index (κ3) is 4.58. The lowest BCUT2D eigenvalue weighted by Crippen LogP contribution is -2.52. The predicted octanol–water partition coefficient (Wildman–Crippen LogP) is 4.28. The highest BCUT2D eigenvalue weighted by Crippen LogP contribution is 2.60. The minimum atomic E-state index is -4.93. The first-order valence-electron chi connectivity index (χ1n) is 12.5. The number of nitrogens with zero attached hydrogens (tertiary/aromatic N) is 3. The van der Waals surface area contributed by atoms with Crippen molar-refractivity contribution in [3.8, 4) is 5.75 Å². The van der Waals surface area contributed by atoms with Gasteiger partial charge in [0, 0.05) is 18.2 Å². The molecule has 0 unspecified atom stereocenters. The summed E-state index contributed by atoms with van der Waals surface area (Å²) >= 11 is 0. The number of halogens is 3. The first-order chi connectivity index (χ1) is 17.5. The molecule has 0 spiro atoms. The number of alkyl halides is 3. The Balaban J connectivity index is 1.20. The van der Waals surface area contributed by atoms with Gasteiger partial charge in [-0.25, -0.2) is 18.4 Å². The van der Waals surface area contributed by atoms with E-state index in [9.17, 15) is 26.4 Å². The molecule has 4 fully saturated rings. The zero-order valence-electron chi connectivity index (χ0n) is 20.0. The molecule has 2 heterocycles. The number of fused-ring (bicyclic) bond motifs is 1. The van der Waals surface area contributed by atoms with Crippen LogP contribution in [0.1, 0.15) is 49.8 Å². The van der Waals surface area contributed by atoms with Gasteiger partial charge in [-0.15, -0.1) is 13.2 Å². The highest BCUT2D eigenvalue weighted by Gasteiger charge is 2.54. The number of anilines is 1. The van der Waals surface area contributed by atoms with Crippen LogP contribution in [0, 0.1) is 23.2 Å². The molecule has 4 aliphatic carbocycles. The van der Waals surface area contributed by atoms with Gasteiger partial charge < -0.3 is 10.1 Å². The standard InChI is InChI=1S/C25H27F3N4O4S/c26-25(27,28)36-18-2-1-3-19(9-18)37(34,35)32-5-4-20-21(13-32)29-14-30-22(20)31-23(33)24-10-15-6-16(11-24)8-17(7-15)12-24/h1-3,9,14-17H,4-8,10-13H2,(H,29,30,31,33). The van der Waals surface area contributed by atoms with Gasteiger partial charge in [-0.2, -0.15) is 4.31 Å². The van der Waals surface area contributed by atoms with Gasteiger partial charge in [0.25, 0.3) is 0 Å². The van der Waals surface area contributed by atoms with E-state index < -0.39 is 22.1 Å². The third-order valence-corrected chi connectivity index (χ3v) is 10.2. The van der Waals surface area contributed by atoms with Gasteiger partial charge in [-0.1, -0.05) is 6.07 Å². The van der Waals surface area contributed by atoms with Crippen LogP contribution in [0.3, 0.4) is 0 Å². The minimum Gasteiger partial charge on any atom is -0.406 e. The molecule has 1 aliphatic heterocycles. The second kappa shape index (κ2) is 8.65. The number of ether oxygens (including phenoxy) is 1. The van der Waals surface area contributed by atoms with E-state index >= 15 is 0 Å². The summed E-state index contributed by atoms with van der Waals surface area (Å²) in [7, 11) is -4.11. The number of hydrogen-bond acceptors (Lipinski definition) is 6. The van der Waals surface area contributed by atoms with Crippen molar-refractivity contribution in [2.45, 2.75) is 62.7 Å². The first-order valence-corrected chi connectivity index (χ1v) is 13.9. The lowest BCUT2D eigenvalue weighted by Gasteiger charge is -2.55. The largest absolute Gasteiger partial charge is 0.573 e. The minimum absolute atomic E-state index is 0.00373. The van der Waals surface area contributed by atoms with E-state index in [0.717, 1.165) is 31.4 Å². The Morgan fingerprint density at radius 3 is 2.41 bits per heavy atom. The highest BCUT2D eigenvalue weighted by atomic mass is 32.2. The number of hydrogen-bond donors (Lipinski definition) is 1. The molecular weight excluding hydrogens is 509 g/mol. The van der Waals surface area contributed by atoms with Crippen LogP contribution in [0.5, 0.6) is 5.75 Å². The van der Waals surface area contributed by atoms with Crippen LogP contribution in [0.25, 0.3) is 0 Å². The van der Waals surface area contributed by atoms with E-state index in [4.69, 9.17) is 0 Å². The molecule has 0 atom stereocenters. The zero-order chi connectivity index (χ0) is 26.0. The maximum absolute atomic E-state index is 13.5. The Morgan fingerprint density at radius 1 is 1.08 bits per heavy atom. The average molecular weight is 537 g/mol. The van der Waals surface area contributed by atoms with Crippen molar-refractivity contribution < 1.29 is 31.1 Å². The van der Waals surface area contributed by atoms with Crippen LogP contribution < -0.4 is 10.1 Å². The molecule has 1 aromatic heterocycles. The Labute approximate surface area is 212 Å². The number of aromatic nitrogens is 2. The van der Waals surface area contributed by atoms with E-state index in [1.54, 1.807) is 0 Å². The molecule has 1 aromatic carbocycles. The maximum atomic E-state index is 13.5. The molecule has 2 aromatic rings. The first kappa shape index (κ1) is 24.6. The van der Waals surface area contributed by atoms with Gasteiger partial charge in [0.1, 0.15) is 17.9 Å². The van der Waals surface area contributed by atoms with Crippen molar-refractivity contribution in [2.75, 3.05) is 11.9 Å². The summed E-state index contributed by atoms with van der Waals surface area (Å²) in [6, 6.07) is 4.33. The van der Waals surface area contributed by atoms with Gasteiger partial charge in [-0.3, -0.25) is 4.79 Å². The summed E-state index contributed by atoms with van der Waals surface area (Å²) in [6.45, 7) is -0.00191. The highest BCUT2D eigenvalue weighted by molar-refractivity contribution is 7.89. The van der Waals surface area contributed by atoms with E-state index in [1.165, 1.54) is 42.0 Å². The Bertz CT molecular complexity index is 1310. The van der Waals surface area contributed by atoms with Gasteiger partial charge >= 0.3 is 6.36 Å². The van der Waals surface area contributed by atoms with Crippen molar-refractivity contribution in [2.24, 2.45) is 23.2 Å². The van der Waals surface area contributed by atoms with Crippen molar-refractivity contribution in [3.63, 3.8) is 0 Å². The van der Waals surface area contributed by atoms with Gasteiger partial charge in [-0.05, 0) is 74.8 Å². The number of amides is 1. The molecular formula is C25H27F3N4O4S. The molecule has 4 saturated carbocycles. The second-order valence-electron chi connectivity index (χ2n) is 10.9. The van der Waals surface area contributed by atoms with Crippen LogP contribution >= 0.6 is 0 Å². The number of rotatable bonds is 5. The van der Waals surface area contributed by atoms with Gasteiger partial charge in [0.2, 0.25) is 15.9 Å². The summed E-state index contributed by atoms with van der Waals surface area (Å²) in [4.78, 5) is 21.8. The van der Waals surface area contributed by atoms with Crippen molar-refractivity contribution in [1.82, 2.24) is 14.3 Å². The number of sulfonamides is 1. The summed E-state index contributed by atoms with van der Waals surface area (Å²) in [5.41, 5.74) is 0.814. The fraction of sp³-hybridized carbons (Fsp3) is 0.560. The van der Waals surface area contributed by atoms with Gasteiger partial charge in [0.05, 0.1) is 22.5 Å². The molecule has 198 valence electrons. The number of benzene rings is 1. The monoisotopic (exact) mass is 536 g/mol. The van der Waals surface area contributed by atoms with Crippen molar-refractivity contribution in [1.29, 1.82) is 0 Å². The second-order valence-corrected chi connectivity index (χ2v) is 12.8. The molecule has 8 nitrogen and oxygen atoms in total. The smallest absolute Gasteiger partial charge is 0.406 e. The van der Waals surface area contributed by atoms with Crippen LogP contribution in [0.4, 0.5) is 19.0 Å². The molecule has 7 rings (SSSR count). The van der Waals surface area contributed by atoms with Crippen molar-refractivity contribution >= 4 is 21.7 Å². The third-order valence-electron chi connectivity index (χ3n) is 8.40. The van der Waals surface area contributed by atoms with Crippen LogP contribution in [0.2, 0.25) is 0 Å². The normalized spacial score (nSPS) is 29.1. The fourth-order valence-electron chi connectivity index (χ4n) is 7.25. The lowest BCUT2D eigenvalue weighted by atomic mass is 9.49. The number of carbonyl (C=O) groups is 1. The summed E-state index contributed by atoms with van der Waals surface area (Å²) in [6.07, 6.45) is 3.08. The maximum Gasteiger partial charge on any atom is 0.573 e. The number of nitrogens with one attached hydrogen (secondary N) is 1. The van der Waals surface area contributed by atoms with Crippen LogP contribution in [-0.4, -0.2) is 41.5 Å². The fourth-order valence-corrected chi connectivity index (χ4v) is 8.69. The Hall–Kier alpha value is -2.73. The van der Waals surface area contributed by atoms with E-state index in [-0.39, 0.29) is 35.7 Å². The van der Waals surface area contributed by atoms with E-state index in [0.29, 0.717) is 34.8 Å². The Morgan fingerprint density at radius 2 is 1.76 bits per heavy atom. The quantitative estimate of drug-likeness (QED) is 0.612. The van der Waals surface area contributed by atoms with Crippen LogP contribution in [-0.2, 0) is 27.8 Å². The zero-order valence-corrected chi connectivity index (χ0v) is 20.8. The van der Waals surface area contributed by atoms with Gasteiger partial charge in [0.15, 0.2) is 0 Å². The molecule has 1 amide bonds. The van der Waals surface area contributed by atoms with E-state index in [1.807, 2.05) is 0 Å². The molecule has 0 saturated heterocycles. The lowest BCUT2D eigenvalue weighted by molar-refractivity contribution is -0.274. The van der Waals surface area contributed by atoms with E-state index in [2.05, 4.69) is 20.0 Å². The predicted molar refractivity (Wildman–Crippen MR) is 126 cm³/mol. The topological polar surface area (TPSA) is 101 Å². The molecule has 37 heavy (non-hydrogen) atoms. The molecule has 4 bridgehead atoms. The Kier molecular flexibility index (Phi) is 5.75.